The third kappa shape index (κ3) is 1.09. The normalized spacial score (nSPS) is 10.7. The number of aryl methyl sites for hydroxylation is 2. The zero-order chi connectivity index (χ0) is 10.3. The van der Waals surface area contributed by atoms with Crippen molar-refractivity contribution in [3.63, 3.8) is 0 Å². The first kappa shape index (κ1) is 8.81. The van der Waals surface area contributed by atoms with Crippen molar-refractivity contribution in [1.29, 1.82) is 0 Å². The molecule has 0 spiro atoms. The highest BCUT2D eigenvalue weighted by Gasteiger charge is 2.06. The molecule has 0 amide bonds. The molecule has 0 aliphatic rings. The van der Waals surface area contributed by atoms with Gasteiger partial charge in [0.15, 0.2) is 0 Å². The number of hydrogen-bond acceptors (Lipinski definition) is 2. The van der Waals surface area contributed by atoms with Crippen LogP contribution in [-0.4, -0.2) is 9.94 Å². The van der Waals surface area contributed by atoms with Crippen molar-refractivity contribution < 1.29 is 5.21 Å². The Bertz CT molecular complexity index is 555. The van der Waals surface area contributed by atoms with Crippen LogP contribution in [0.3, 0.4) is 0 Å². The summed E-state index contributed by atoms with van der Waals surface area (Å²) in [7, 11) is 0. The molecule has 3 heteroatoms. The van der Waals surface area contributed by atoms with E-state index in [1.54, 1.807) is 6.07 Å². The lowest BCUT2D eigenvalue weighted by Gasteiger charge is -2.05. The van der Waals surface area contributed by atoms with Crippen LogP contribution in [0.1, 0.15) is 11.1 Å². The van der Waals surface area contributed by atoms with Gasteiger partial charge in [-0.05, 0) is 36.4 Å². The van der Waals surface area contributed by atoms with Crippen LogP contribution in [0.15, 0.2) is 29.2 Å². The highest BCUT2D eigenvalue weighted by atomic mass is 16.5. The van der Waals surface area contributed by atoms with Crippen LogP contribution in [-0.2, 0) is 0 Å². The van der Waals surface area contributed by atoms with Crippen molar-refractivity contribution in [2.45, 2.75) is 13.8 Å². The number of nitrogens with zero attached hydrogens (tertiary/aromatic N) is 1. The fourth-order valence-electron chi connectivity index (χ4n) is 1.66. The van der Waals surface area contributed by atoms with Crippen LogP contribution in [0.2, 0.25) is 0 Å². The summed E-state index contributed by atoms with van der Waals surface area (Å²) in [5.74, 6) is 0. The molecule has 3 nitrogen and oxygen atoms in total. The largest absolute Gasteiger partial charge is 0.425 e. The van der Waals surface area contributed by atoms with E-state index in [4.69, 9.17) is 0 Å². The predicted molar refractivity (Wildman–Crippen MR) is 54.9 cm³/mol. The summed E-state index contributed by atoms with van der Waals surface area (Å²) in [6.07, 6.45) is 1.37. The molecule has 0 saturated carbocycles. The summed E-state index contributed by atoms with van der Waals surface area (Å²) in [6, 6.07) is 5.61. The lowest BCUT2D eigenvalue weighted by molar-refractivity contribution is 0.176. The fraction of sp³-hybridized carbons (Fsp3) is 0.182. The summed E-state index contributed by atoms with van der Waals surface area (Å²) in [6.45, 7) is 3.81. The van der Waals surface area contributed by atoms with Crippen molar-refractivity contribution in [2.24, 2.45) is 0 Å². The number of benzene rings is 1. The Labute approximate surface area is 81.2 Å². The molecule has 1 heterocycles. The second-order valence-electron chi connectivity index (χ2n) is 3.45. The second kappa shape index (κ2) is 2.87. The topological polar surface area (TPSA) is 42.2 Å². The van der Waals surface area contributed by atoms with Gasteiger partial charge in [-0.2, -0.15) is 4.73 Å². The van der Waals surface area contributed by atoms with Crippen molar-refractivity contribution in [3.05, 3.63) is 45.9 Å². The van der Waals surface area contributed by atoms with Crippen molar-refractivity contribution in [1.82, 2.24) is 4.73 Å². The van der Waals surface area contributed by atoms with E-state index in [-0.39, 0.29) is 5.56 Å². The van der Waals surface area contributed by atoms with E-state index in [0.717, 1.165) is 16.5 Å². The minimum Gasteiger partial charge on any atom is -0.425 e. The summed E-state index contributed by atoms with van der Waals surface area (Å²) >= 11 is 0. The molecule has 0 unspecified atom stereocenters. The van der Waals surface area contributed by atoms with Crippen LogP contribution < -0.4 is 5.56 Å². The molecule has 1 N–H and O–H groups in total. The van der Waals surface area contributed by atoms with Crippen molar-refractivity contribution >= 4 is 10.8 Å². The predicted octanol–water partition coefficient (Wildman–Crippen LogP) is 1.86. The Morgan fingerprint density at radius 3 is 2.50 bits per heavy atom. The number of fused-ring (bicyclic) bond motifs is 1. The van der Waals surface area contributed by atoms with Gasteiger partial charge in [0.25, 0.3) is 5.56 Å². The average molecular weight is 189 g/mol. The summed E-state index contributed by atoms with van der Waals surface area (Å²) < 4.78 is 0.620. The van der Waals surface area contributed by atoms with Crippen molar-refractivity contribution in [2.75, 3.05) is 0 Å². The SMILES string of the molecule is Cc1ccc(C)c2c(=O)n(O)ccc12. The highest BCUT2D eigenvalue weighted by Crippen LogP contribution is 2.17. The van der Waals surface area contributed by atoms with E-state index >= 15 is 0 Å². The highest BCUT2D eigenvalue weighted by molar-refractivity contribution is 5.87. The van der Waals surface area contributed by atoms with Crippen molar-refractivity contribution in [3.8, 4) is 0 Å². The molecule has 1 aromatic carbocycles. The van der Waals surface area contributed by atoms with E-state index in [1.165, 1.54) is 6.20 Å². The minimum atomic E-state index is -0.358. The van der Waals surface area contributed by atoms with E-state index in [9.17, 15) is 10.0 Å². The first-order chi connectivity index (χ1) is 6.61. The van der Waals surface area contributed by atoms with E-state index < -0.39 is 0 Å². The van der Waals surface area contributed by atoms with Gasteiger partial charge in [0, 0.05) is 6.20 Å². The third-order valence-corrected chi connectivity index (χ3v) is 2.48. The molecule has 2 aromatic rings. The van der Waals surface area contributed by atoms with Crippen LogP contribution in [0.5, 0.6) is 0 Å². The minimum absolute atomic E-state index is 0.358. The molecule has 0 fully saturated rings. The van der Waals surface area contributed by atoms with Crippen LogP contribution in [0, 0.1) is 13.8 Å². The van der Waals surface area contributed by atoms with Gasteiger partial charge in [-0.3, -0.25) is 4.79 Å². The van der Waals surface area contributed by atoms with Gasteiger partial charge in [0.05, 0.1) is 5.39 Å². The summed E-state index contributed by atoms with van der Waals surface area (Å²) in [5, 5.41) is 10.7. The first-order valence-corrected chi connectivity index (χ1v) is 4.42. The monoisotopic (exact) mass is 189 g/mol. The van der Waals surface area contributed by atoms with Gasteiger partial charge in [0.2, 0.25) is 0 Å². The van der Waals surface area contributed by atoms with Gasteiger partial charge in [-0.25, -0.2) is 0 Å². The maximum absolute atomic E-state index is 11.6. The van der Waals surface area contributed by atoms with Crippen LogP contribution in [0.25, 0.3) is 10.8 Å². The van der Waals surface area contributed by atoms with Gasteiger partial charge in [0.1, 0.15) is 0 Å². The standard InChI is InChI=1S/C11H11NO2/c1-7-3-4-8(2)10-9(7)5-6-12(14)11(10)13/h3-6,14H,1-2H3. The number of pyridine rings is 1. The molecule has 1 aromatic heterocycles. The zero-order valence-corrected chi connectivity index (χ0v) is 8.11. The Morgan fingerprint density at radius 1 is 1.14 bits per heavy atom. The molecule has 0 aliphatic carbocycles. The smallest absolute Gasteiger partial charge is 0.290 e. The summed E-state index contributed by atoms with van der Waals surface area (Å²) in [4.78, 5) is 11.6. The van der Waals surface area contributed by atoms with Gasteiger partial charge in [-0.1, -0.05) is 12.1 Å². The Kier molecular flexibility index (Phi) is 1.81. The molecule has 14 heavy (non-hydrogen) atoms. The number of aromatic nitrogens is 1. The third-order valence-electron chi connectivity index (χ3n) is 2.48. The van der Waals surface area contributed by atoms with Crippen LogP contribution in [0.4, 0.5) is 0 Å². The second-order valence-corrected chi connectivity index (χ2v) is 3.45. The summed E-state index contributed by atoms with van der Waals surface area (Å²) in [5.41, 5.74) is 1.58. The molecular weight excluding hydrogens is 178 g/mol. The number of rotatable bonds is 0. The first-order valence-electron chi connectivity index (χ1n) is 4.42. The molecular formula is C11H11NO2. The maximum atomic E-state index is 11.6. The van der Waals surface area contributed by atoms with Gasteiger partial charge >= 0.3 is 0 Å². The molecule has 72 valence electrons. The zero-order valence-electron chi connectivity index (χ0n) is 8.11. The van der Waals surface area contributed by atoms with E-state index in [0.29, 0.717) is 10.1 Å². The molecule has 0 radical (unpaired) electrons. The Morgan fingerprint density at radius 2 is 1.79 bits per heavy atom. The Balaban J connectivity index is 3.09. The van der Waals surface area contributed by atoms with Crippen LogP contribution >= 0.6 is 0 Å². The van der Waals surface area contributed by atoms with Gasteiger partial charge in [-0.15, -0.1) is 0 Å². The fourth-order valence-corrected chi connectivity index (χ4v) is 1.66. The van der Waals surface area contributed by atoms with E-state index in [1.807, 2.05) is 26.0 Å². The maximum Gasteiger partial charge on any atom is 0.290 e. The molecule has 0 atom stereocenters. The van der Waals surface area contributed by atoms with Gasteiger partial charge < -0.3 is 5.21 Å². The molecule has 2 rings (SSSR count). The van der Waals surface area contributed by atoms with E-state index in [2.05, 4.69) is 0 Å². The molecule has 0 aliphatic heterocycles. The quantitative estimate of drug-likeness (QED) is 0.643. The lowest BCUT2D eigenvalue weighted by atomic mass is 10.0. The molecule has 0 saturated heterocycles. The number of hydrogen-bond donors (Lipinski definition) is 1. The Hall–Kier alpha value is -1.77. The lowest BCUT2D eigenvalue weighted by Crippen LogP contribution is -2.17. The average Bonchev–Trinajstić information content (AvgIpc) is 2.16. The molecule has 0 bridgehead atoms.